The van der Waals surface area contributed by atoms with Crippen molar-refractivity contribution >= 4 is 29.5 Å². The zero-order chi connectivity index (χ0) is 19.6. The van der Waals surface area contributed by atoms with Crippen molar-refractivity contribution in [2.24, 2.45) is 4.99 Å². The third kappa shape index (κ3) is 4.88. The molecule has 1 unspecified atom stereocenters. The summed E-state index contributed by atoms with van der Waals surface area (Å²) in [7, 11) is 0. The highest BCUT2D eigenvalue weighted by Crippen LogP contribution is 2.36. The number of carbonyl (C=O) groups is 2. The first kappa shape index (κ1) is 19.4. The second kappa shape index (κ2) is 7.71. The number of ether oxygens (including phenoxy) is 2. The van der Waals surface area contributed by atoms with Gasteiger partial charge in [0.2, 0.25) is 0 Å². The summed E-state index contributed by atoms with van der Waals surface area (Å²) in [4.78, 5) is 31.1. The molecule has 1 aromatic heterocycles. The zero-order valence-electron chi connectivity index (χ0n) is 15.8. The molecule has 2 aliphatic rings. The van der Waals surface area contributed by atoms with E-state index >= 15 is 0 Å². The molecule has 0 bridgehead atoms. The molecule has 2 aliphatic heterocycles. The first-order valence-electron chi connectivity index (χ1n) is 8.77. The molecule has 0 fully saturated rings. The summed E-state index contributed by atoms with van der Waals surface area (Å²) in [5, 5.41) is 7.71. The highest BCUT2D eigenvalue weighted by atomic mass is 32.2. The normalized spacial score (nSPS) is 19.3. The first-order valence-corrected chi connectivity index (χ1v) is 9.65. The molecule has 3 rings (SSSR count). The zero-order valence-corrected chi connectivity index (χ0v) is 16.7. The van der Waals surface area contributed by atoms with E-state index in [0.717, 1.165) is 10.6 Å². The van der Waals surface area contributed by atoms with Crippen molar-refractivity contribution in [1.29, 1.82) is 0 Å². The Morgan fingerprint density at radius 1 is 1.37 bits per heavy atom. The van der Waals surface area contributed by atoms with Gasteiger partial charge in [-0.15, -0.1) is 5.10 Å². The van der Waals surface area contributed by atoms with Gasteiger partial charge in [0.05, 0.1) is 25.1 Å². The fourth-order valence-electron chi connectivity index (χ4n) is 2.59. The number of fused-ring (bicyclic) bond motifs is 1. The van der Waals surface area contributed by atoms with Crippen LogP contribution >= 0.6 is 11.8 Å². The Morgan fingerprint density at radius 2 is 2.15 bits per heavy atom. The van der Waals surface area contributed by atoms with Crippen LogP contribution in [0.2, 0.25) is 0 Å². The Balaban J connectivity index is 1.62. The number of carbonyl (C=O) groups excluding carboxylic acids is 2. The van der Waals surface area contributed by atoms with Gasteiger partial charge in [0.15, 0.2) is 5.69 Å². The molecule has 0 saturated heterocycles. The number of hydrogen-bond acceptors (Lipinski definition) is 8. The highest BCUT2D eigenvalue weighted by Gasteiger charge is 2.31. The van der Waals surface area contributed by atoms with Gasteiger partial charge in [0.1, 0.15) is 11.0 Å². The first-order chi connectivity index (χ1) is 12.7. The second-order valence-electron chi connectivity index (χ2n) is 7.11. The van der Waals surface area contributed by atoms with Crippen LogP contribution in [0.3, 0.4) is 0 Å². The molecule has 1 amide bonds. The molecule has 146 valence electrons. The lowest BCUT2D eigenvalue weighted by Gasteiger charge is -2.27. The number of aliphatic imine (C=N–C) groups is 1. The van der Waals surface area contributed by atoms with Crippen LogP contribution in [0, 0.1) is 0 Å². The Bertz CT molecular complexity index is 795. The lowest BCUT2D eigenvalue weighted by molar-refractivity contribution is 0.0336. The van der Waals surface area contributed by atoms with Crippen molar-refractivity contribution in [2.45, 2.75) is 51.6 Å². The molecular weight excluding hydrogens is 370 g/mol. The van der Waals surface area contributed by atoms with Gasteiger partial charge in [-0.2, -0.15) is 0 Å². The van der Waals surface area contributed by atoms with E-state index in [-0.39, 0.29) is 17.2 Å². The van der Waals surface area contributed by atoms with Crippen LogP contribution in [0.1, 0.15) is 44.6 Å². The van der Waals surface area contributed by atoms with Crippen molar-refractivity contribution in [3.8, 4) is 0 Å². The smallest absolute Gasteiger partial charge is 0.414 e. The minimum atomic E-state index is -0.529. The van der Waals surface area contributed by atoms with Crippen molar-refractivity contribution in [2.75, 3.05) is 13.2 Å². The lowest BCUT2D eigenvalue weighted by atomic mass is 10.2. The Labute approximate surface area is 161 Å². The van der Waals surface area contributed by atoms with E-state index in [0.29, 0.717) is 26.1 Å². The average molecular weight is 393 g/mol. The lowest BCUT2D eigenvalue weighted by Crippen LogP contribution is -2.36. The number of rotatable bonds is 4. The van der Waals surface area contributed by atoms with E-state index in [4.69, 9.17) is 14.5 Å². The number of esters is 1. The fraction of sp³-hybridized carbons (Fsp3) is 0.588. The average Bonchev–Trinajstić information content (AvgIpc) is 3.19. The second-order valence-corrected chi connectivity index (χ2v) is 8.33. The molecule has 0 aliphatic carbocycles. The van der Waals surface area contributed by atoms with E-state index in [1.54, 1.807) is 40.7 Å². The number of aromatic nitrogens is 3. The standard InChI is InChI=1S/C17H23N5O4S/c1-5-25-15(23)12-8-22(20-19-12)10-14-18-11-6-7-21(9-13(11)27-14)16(24)26-17(2,3)4/h8-9,14H,5-7,10H2,1-4H3. The Kier molecular flexibility index (Phi) is 5.54. The SMILES string of the molecule is CCOC(=O)c1cn(CC2N=C3CCN(C(=O)OC(C)(C)C)C=C3S2)nn1. The molecule has 0 saturated carbocycles. The molecule has 0 aromatic carbocycles. The molecular formula is C17H23N5O4S. The summed E-state index contributed by atoms with van der Waals surface area (Å²) in [6, 6.07) is 0. The summed E-state index contributed by atoms with van der Waals surface area (Å²) >= 11 is 1.56. The number of nitrogens with zero attached hydrogens (tertiary/aromatic N) is 5. The number of allylic oxidation sites excluding steroid dienone is 1. The summed E-state index contributed by atoms with van der Waals surface area (Å²) in [6.07, 6.45) is 3.68. The quantitative estimate of drug-likeness (QED) is 0.725. The topological polar surface area (TPSA) is 98.9 Å². The minimum absolute atomic E-state index is 0.0819. The molecule has 0 radical (unpaired) electrons. The fourth-order valence-corrected chi connectivity index (χ4v) is 3.77. The van der Waals surface area contributed by atoms with Gasteiger partial charge in [-0.05, 0) is 27.7 Å². The van der Waals surface area contributed by atoms with Gasteiger partial charge in [-0.25, -0.2) is 14.3 Å². The highest BCUT2D eigenvalue weighted by molar-refractivity contribution is 8.05. The van der Waals surface area contributed by atoms with Crippen molar-refractivity contribution in [3.63, 3.8) is 0 Å². The van der Waals surface area contributed by atoms with E-state index in [9.17, 15) is 9.59 Å². The van der Waals surface area contributed by atoms with Gasteiger partial charge >= 0.3 is 12.1 Å². The maximum Gasteiger partial charge on any atom is 0.414 e. The third-order valence-electron chi connectivity index (χ3n) is 3.70. The Hall–Kier alpha value is -2.36. The van der Waals surface area contributed by atoms with Gasteiger partial charge < -0.3 is 9.47 Å². The Morgan fingerprint density at radius 3 is 2.85 bits per heavy atom. The number of amides is 1. The van der Waals surface area contributed by atoms with Gasteiger partial charge in [-0.3, -0.25) is 9.89 Å². The third-order valence-corrected chi connectivity index (χ3v) is 4.83. The van der Waals surface area contributed by atoms with Crippen LogP contribution < -0.4 is 0 Å². The molecule has 3 heterocycles. The predicted molar refractivity (Wildman–Crippen MR) is 100 cm³/mol. The van der Waals surface area contributed by atoms with Crippen molar-refractivity contribution in [3.05, 3.63) is 23.0 Å². The van der Waals surface area contributed by atoms with E-state index in [2.05, 4.69) is 10.3 Å². The summed E-state index contributed by atoms with van der Waals surface area (Å²) in [6.45, 7) is 8.59. The predicted octanol–water partition coefficient (Wildman–Crippen LogP) is 2.45. The van der Waals surface area contributed by atoms with Crippen LogP contribution in [0.5, 0.6) is 0 Å². The number of thioether (sulfide) groups is 1. The maximum atomic E-state index is 12.2. The maximum absolute atomic E-state index is 12.2. The van der Waals surface area contributed by atoms with Crippen LogP contribution in [-0.4, -0.2) is 61.8 Å². The van der Waals surface area contributed by atoms with Crippen LogP contribution in [0.4, 0.5) is 4.79 Å². The molecule has 1 atom stereocenters. The van der Waals surface area contributed by atoms with Gasteiger partial charge in [-0.1, -0.05) is 17.0 Å². The van der Waals surface area contributed by atoms with Crippen LogP contribution in [0.15, 0.2) is 22.3 Å². The summed E-state index contributed by atoms with van der Waals surface area (Å²) < 4.78 is 11.9. The molecule has 0 spiro atoms. The number of hydrogen-bond donors (Lipinski definition) is 0. The summed E-state index contributed by atoms with van der Waals surface area (Å²) in [5.41, 5.74) is 0.634. The largest absolute Gasteiger partial charge is 0.461 e. The molecule has 9 nitrogen and oxygen atoms in total. The molecule has 10 heteroatoms. The van der Waals surface area contributed by atoms with E-state index in [1.165, 1.54) is 0 Å². The van der Waals surface area contributed by atoms with Crippen LogP contribution in [0.25, 0.3) is 0 Å². The molecule has 27 heavy (non-hydrogen) atoms. The van der Waals surface area contributed by atoms with Crippen molar-refractivity contribution in [1.82, 2.24) is 19.9 Å². The van der Waals surface area contributed by atoms with E-state index in [1.807, 2.05) is 20.8 Å². The molecule has 1 aromatic rings. The summed E-state index contributed by atoms with van der Waals surface area (Å²) in [5.74, 6) is -0.487. The monoisotopic (exact) mass is 393 g/mol. The molecule has 0 N–H and O–H groups in total. The van der Waals surface area contributed by atoms with E-state index < -0.39 is 11.6 Å². The van der Waals surface area contributed by atoms with Crippen molar-refractivity contribution < 1.29 is 19.1 Å². The van der Waals surface area contributed by atoms with Gasteiger partial charge in [0, 0.05) is 24.1 Å². The van der Waals surface area contributed by atoms with Crippen LogP contribution in [-0.2, 0) is 16.0 Å². The minimum Gasteiger partial charge on any atom is -0.461 e. The van der Waals surface area contributed by atoms with Gasteiger partial charge in [0.25, 0.3) is 0 Å².